The van der Waals surface area contributed by atoms with E-state index in [-0.39, 0.29) is 25.7 Å². The first kappa shape index (κ1) is 98.9. The number of phosphoric ester groups is 2. The topological polar surface area (TPSA) is 237 Å². The maximum Gasteiger partial charge on any atom is 0.472 e. The number of aliphatic hydroxyl groups excluding tert-OH is 1. The summed E-state index contributed by atoms with van der Waals surface area (Å²) >= 11 is 0. The predicted molar refractivity (Wildman–Crippen MR) is 427 cm³/mol. The van der Waals surface area contributed by atoms with Gasteiger partial charge in [0.15, 0.2) is 12.2 Å². The maximum absolute atomic E-state index is 13.1. The van der Waals surface area contributed by atoms with Gasteiger partial charge in [-0.3, -0.25) is 37.3 Å². The minimum atomic E-state index is -5.00. The number of phosphoric acid groups is 2. The Balaban J connectivity index is 5.45. The third kappa shape index (κ3) is 75.2. The van der Waals surface area contributed by atoms with Crippen molar-refractivity contribution in [1.29, 1.82) is 0 Å². The Bertz CT molecular complexity index is 2540. The van der Waals surface area contributed by atoms with Crippen molar-refractivity contribution < 1.29 is 80.2 Å². The van der Waals surface area contributed by atoms with Gasteiger partial charge in [0, 0.05) is 25.7 Å². The zero-order chi connectivity index (χ0) is 76.0. The maximum atomic E-state index is 13.1. The molecule has 0 heterocycles. The summed E-state index contributed by atoms with van der Waals surface area (Å²) < 4.78 is 68.6. The SMILES string of the molecule is CC/C=C\C/C=C\C/C=C\C/C=C\C/C=C\CCCC(=O)OCC(COP(=O)(O)OCC(O)COP(=O)(O)OCC(COC(=O)CCCC/C=C\C/C=C\C/C=C\C/C=C\CC)OC(=O)CCCCCCCCCCCCCCCCC)OC(=O)CCCCCCCCC/C=C\C/C=C\C/C=C\CC. The molecule has 17 nitrogen and oxygen atoms in total. The van der Waals surface area contributed by atoms with Crippen molar-refractivity contribution in [2.75, 3.05) is 39.6 Å². The fourth-order valence-corrected chi connectivity index (χ4v) is 11.9. The van der Waals surface area contributed by atoms with Gasteiger partial charge in [-0.05, 0) is 135 Å². The molecule has 0 bridgehead atoms. The Morgan fingerprint density at radius 3 is 0.827 bits per heavy atom. The van der Waals surface area contributed by atoms with Gasteiger partial charge in [0.2, 0.25) is 0 Å². The van der Waals surface area contributed by atoms with E-state index >= 15 is 0 Å². The number of esters is 4. The molecule has 0 aliphatic heterocycles. The summed E-state index contributed by atoms with van der Waals surface area (Å²) in [4.78, 5) is 73.0. The van der Waals surface area contributed by atoms with Crippen molar-refractivity contribution in [2.45, 2.75) is 329 Å². The summed E-state index contributed by atoms with van der Waals surface area (Å²) in [6, 6.07) is 0. The molecule has 0 fully saturated rings. The first-order valence-corrected chi connectivity index (χ1v) is 43.1. The Labute approximate surface area is 630 Å². The largest absolute Gasteiger partial charge is 0.472 e. The number of allylic oxidation sites excluding steroid dienone is 24. The van der Waals surface area contributed by atoms with Gasteiger partial charge in [0.25, 0.3) is 0 Å². The number of ether oxygens (including phenoxy) is 4. The first-order valence-electron chi connectivity index (χ1n) is 40.1. The number of hydrogen-bond acceptors (Lipinski definition) is 15. The van der Waals surface area contributed by atoms with Crippen LogP contribution in [0, 0.1) is 0 Å². The molecule has 0 saturated carbocycles. The van der Waals surface area contributed by atoms with Gasteiger partial charge in [0.1, 0.15) is 19.3 Å². The van der Waals surface area contributed by atoms with Crippen LogP contribution in [0.1, 0.15) is 310 Å². The zero-order valence-corrected chi connectivity index (χ0v) is 66.7. The predicted octanol–water partition coefficient (Wildman–Crippen LogP) is 23.4. The highest BCUT2D eigenvalue weighted by Crippen LogP contribution is 2.45. The van der Waals surface area contributed by atoms with Crippen LogP contribution in [0.25, 0.3) is 0 Å². The molecular weight excluding hydrogens is 1350 g/mol. The second-order valence-corrected chi connectivity index (χ2v) is 29.1. The number of hydrogen-bond donors (Lipinski definition) is 3. The van der Waals surface area contributed by atoms with Crippen LogP contribution in [0.4, 0.5) is 0 Å². The summed E-state index contributed by atoms with van der Waals surface area (Å²) in [5.41, 5.74) is 0. The van der Waals surface area contributed by atoms with Gasteiger partial charge in [-0.1, -0.05) is 296 Å². The molecule has 0 aromatic carbocycles. The molecule has 104 heavy (non-hydrogen) atoms. The molecule has 5 atom stereocenters. The average molecular weight is 1500 g/mol. The van der Waals surface area contributed by atoms with E-state index < -0.39 is 97.5 Å². The Hall–Kier alpha value is -5.06. The highest BCUT2D eigenvalue weighted by molar-refractivity contribution is 7.47. The van der Waals surface area contributed by atoms with E-state index in [9.17, 15) is 43.2 Å². The summed E-state index contributed by atoms with van der Waals surface area (Å²) in [6.07, 6.45) is 86.9. The van der Waals surface area contributed by atoms with Crippen LogP contribution in [-0.4, -0.2) is 96.7 Å². The molecule has 594 valence electrons. The lowest BCUT2D eigenvalue weighted by Gasteiger charge is -2.21. The second kappa shape index (κ2) is 76.1. The normalized spacial score (nSPS) is 14.6. The number of carbonyl (C=O) groups is 4. The van der Waals surface area contributed by atoms with E-state index in [1.807, 2.05) is 12.2 Å². The summed E-state index contributed by atoms with van der Waals surface area (Å²) in [5, 5.41) is 10.6. The summed E-state index contributed by atoms with van der Waals surface area (Å²) in [5.74, 6) is -2.30. The minimum absolute atomic E-state index is 0.0667. The van der Waals surface area contributed by atoms with Crippen molar-refractivity contribution >= 4 is 39.5 Å². The molecule has 0 radical (unpaired) electrons. The van der Waals surface area contributed by atoms with Crippen LogP contribution in [-0.2, 0) is 65.4 Å². The van der Waals surface area contributed by atoms with Gasteiger partial charge in [0.05, 0.1) is 26.4 Å². The molecule has 0 amide bonds. The zero-order valence-electron chi connectivity index (χ0n) is 64.9. The molecule has 5 unspecified atom stereocenters. The number of carbonyl (C=O) groups excluding carboxylic acids is 4. The molecule has 19 heteroatoms. The highest BCUT2D eigenvalue weighted by Gasteiger charge is 2.30. The standard InChI is InChI=1S/C85H142O17P2/c1-5-9-13-17-21-25-29-33-37-39-43-46-50-54-58-62-66-70-83(88)96-76-81(102-85(90)72-68-64-60-56-52-48-44-40-38-34-30-26-22-18-14-10-6-2)78-100-104(93,94)98-74-79(86)73-97-103(91,92)99-77-80(101-84(89)71-67-63-59-55-51-47-42-36-32-28-24-20-16-12-8-4)75-95-82(87)69-65-61-57-53-49-45-41-35-31-27-23-19-15-11-7-3/h9-11,13-15,21-23,25-27,33-35,37-38,41,43,46,49,53-54,58,79-81,86H,5-8,12,16-20,24,28-32,36,39-40,42,44-45,47-48,50-52,55-57,59-78H2,1-4H3,(H,91,92)(H,93,94)/b13-9-,14-10-,15-11-,25-21-,26-22-,27-23-,37-33-,38-34-,41-35-,46-43-,53-49-,58-54-. The van der Waals surface area contributed by atoms with Crippen molar-refractivity contribution in [3.05, 3.63) is 146 Å². The summed E-state index contributed by atoms with van der Waals surface area (Å²) in [7, 11) is -9.99. The molecule has 0 rings (SSSR count). The molecule has 0 saturated heterocycles. The Kier molecular flexibility index (Phi) is 72.4. The molecule has 3 N–H and O–H groups in total. The van der Waals surface area contributed by atoms with E-state index in [4.69, 9.17) is 37.0 Å². The highest BCUT2D eigenvalue weighted by atomic mass is 31.2. The van der Waals surface area contributed by atoms with Crippen LogP contribution in [0.3, 0.4) is 0 Å². The fraction of sp³-hybridized carbons (Fsp3) is 0.671. The fourth-order valence-electron chi connectivity index (χ4n) is 10.3. The van der Waals surface area contributed by atoms with Crippen LogP contribution in [0.15, 0.2) is 146 Å². The van der Waals surface area contributed by atoms with E-state index in [0.29, 0.717) is 32.1 Å². The first-order chi connectivity index (χ1) is 50.7. The van der Waals surface area contributed by atoms with Crippen LogP contribution >= 0.6 is 15.6 Å². The van der Waals surface area contributed by atoms with E-state index in [1.165, 1.54) is 64.2 Å². The van der Waals surface area contributed by atoms with Gasteiger partial charge in [-0.2, -0.15) is 0 Å². The van der Waals surface area contributed by atoms with Crippen molar-refractivity contribution in [3.63, 3.8) is 0 Å². The molecular formula is C85H142O17P2. The lowest BCUT2D eigenvalue weighted by molar-refractivity contribution is -0.161. The average Bonchev–Trinajstić information content (AvgIpc) is 0.926. The van der Waals surface area contributed by atoms with Crippen molar-refractivity contribution in [3.8, 4) is 0 Å². The summed E-state index contributed by atoms with van der Waals surface area (Å²) in [6.45, 7) is 4.43. The molecule has 0 aliphatic rings. The van der Waals surface area contributed by atoms with Gasteiger partial charge >= 0.3 is 39.5 Å². The van der Waals surface area contributed by atoms with E-state index in [0.717, 1.165) is 161 Å². The van der Waals surface area contributed by atoms with Crippen LogP contribution in [0.2, 0.25) is 0 Å². The third-order valence-electron chi connectivity index (χ3n) is 16.3. The number of unbranched alkanes of at least 4 members (excludes halogenated alkanes) is 24. The second-order valence-electron chi connectivity index (χ2n) is 26.2. The molecule has 0 aromatic heterocycles. The van der Waals surface area contributed by atoms with Crippen LogP contribution in [0.5, 0.6) is 0 Å². The van der Waals surface area contributed by atoms with E-state index in [2.05, 4.69) is 161 Å². The Morgan fingerprint density at radius 2 is 0.510 bits per heavy atom. The minimum Gasteiger partial charge on any atom is -0.462 e. The Morgan fingerprint density at radius 1 is 0.279 bits per heavy atom. The number of aliphatic hydroxyl groups is 1. The number of rotatable bonds is 74. The van der Waals surface area contributed by atoms with Crippen molar-refractivity contribution in [2.24, 2.45) is 0 Å². The molecule has 0 aromatic rings. The van der Waals surface area contributed by atoms with Crippen LogP contribution < -0.4 is 0 Å². The van der Waals surface area contributed by atoms with Crippen molar-refractivity contribution in [1.82, 2.24) is 0 Å². The van der Waals surface area contributed by atoms with Gasteiger partial charge in [-0.15, -0.1) is 0 Å². The molecule has 0 spiro atoms. The van der Waals surface area contributed by atoms with Gasteiger partial charge in [-0.25, -0.2) is 9.13 Å². The van der Waals surface area contributed by atoms with Gasteiger partial charge < -0.3 is 33.8 Å². The molecule has 0 aliphatic carbocycles. The lowest BCUT2D eigenvalue weighted by atomic mass is 10.0. The quantitative estimate of drug-likeness (QED) is 0.0169. The lowest BCUT2D eigenvalue weighted by Crippen LogP contribution is -2.30. The monoisotopic (exact) mass is 1500 g/mol. The third-order valence-corrected chi connectivity index (χ3v) is 18.2. The smallest absolute Gasteiger partial charge is 0.462 e. The van der Waals surface area contributed by atoms with E-state index in [1.54, 1.807) is 0 Å².